The molecular weight excluding hydrogens is 268 g/mol. The fourth-order valence-electron chi connectivity index (χ4n) is 2.01. The van der Waals surface area contributed by atoms with Crippen molar-refractivity contribution in [2.45, 2.75) is 13.0 Å². The molecule has 0 atom stereocenters. The van der Waals surface area contributed by atoms with E-state index in [0.717, 1.165) is 5.56 Å². The van der Waals surface area contributed by atoms with Crippen LogP contribution in [0.1, 0.15) is 5.56 Å². The number of aryl methyl sites for hydroxylation is 1. The second-order valence-corrected chi connectivity index (χ2v) is 4.99. The molecule has 1 fully saturated rings. The monoisotopic (exact) mass is 284 g/mol. The van der Waals surface area contributed by atoms with E-state index < -0.39 is 0 Å². The van der Waals surface area contributed by atoms with Gasteiger partial charge in [-0.05, 0) is 24.6 Å². The lowest BCUT2D eigenvalue weighted by molar-refractivity contribution is 0.0461. The molecule has 0 aliphatic carbocycles. The molecule has 0 saturated carbocycles. The average Bonchev–Trinajstić information content (AvgIpc) is 2.45. The number of hydrogen-bond acceptors (Lipinski definition) is 4. The van der Waals surface area contributed by atoms with E-state index in [9.17, 15) is 4.79 Å². The van der Waals surface area contributed by atoms with E-state index in [1.165, 1.54) is 0 Å². The first kappa shape index (κ1) is 13.4. The molecule has 108 valence electrons. The molecule has 6 nitrogen and oxygen atoms in total. The largest absolute Gasteiger partial charge is 0.471 e. The Balaban J connectivity index is 1.47. The van der Waals surface area contributed by atoms with Crippen LogP contribution in [0.5, 0.6) is 5.88 Å². The Morgan fingerprint density at radius 1 is 1.33 bits per heavy atom. The quantitative estimate of drug-likeness (QED) is 0.937. The molecule has 0 unspecified atom stereocenters. The Morgan fingerprint density at radius 3 is 2.86 bits per heavy atom. The first-order valence-electron chi connectivity index (χ1n) is 6.76. The van der Waals surface area contributed by atoms with Gasteiger partial charge in [-0.1, -0.05) is 6.07 Å². The lowest BCUT2D eigenvalue weighted by Gasteiger charge is -2.38. The number of aromatic nitrogens is 2. The molecule has 0 radical (unpaired) electrons. The van der Waals surface area contributed by atoms with Crippen LogP contribution in [0, 0.1) is 6.92 Å². The van der Waals surface area contributed by atoms with Crippen LogP contribution in [0.25, 0.3) is 0 Å². The summed E-state index contributed by atoms with van der Waals surface area (Å²) in [5.41, 5.74) is 1.78. The molecule has 2 amide bonds. The number of likely N-dealkylation sites (tertiary alicyclic amines) is 1. The number of carbonyl (C=O) groups excluding carboxylic acids is 1. The predicted molar refractivity (Wildman–Crippen MR) is 78.2 cm³/mol. The summed E-state index contributed by atoms with van der Waals surface area (Å²) in [6.45, 7) is 3.09. The first-order chi connectivity index (χ1) is 10.2. The van der Waals surface area contributed by atoms with Gasteiger partial charge in [-0.3, -0.25) is 4.98 Å². The van der Waals surface area contributed by atoms with Gasteiger partial charge in [0, 0.05) is 18.5 Å². The zero-order chi connectivity index (χ0) is 14.7. The third-order valence-electron chi connectivity index (χ3n) is 3.22. The average molecular weight is 284 g/mol. The lowest BCUT2D eigenvalue weighted by atomic mass is 10.2. The predicted octanol–water partition coefficient (Wildman–Crippen LogP) is 2.08. The van der Waals surface area contributed by atoms with Crippen LogP contribution in [0.15, 0.2) is 42.9 Å². The highest BCUT2D eigenvalue weighted by Crippen LogP contribution is 2.17. The van der Waals surface area contributed by atoms with E-state index in [0.29, 0.717) is 24.7 Å². The maximum Gasteiger partial charge on any atom is 0.322 e. The van der Waals surface area contributed by atoms with Crippen LogP contribution >= 0.6 is 0 Å². The number of hydrogen-bond donors (Lipinski definition) is 1. The fraction of sp³-hybridized carbons (Fsp3) is 0.267. The number of anilines is 1. The van der Waals surface area contributed by atoms with Gasteiger partial charge in [-0.2, -0.15) is 0 Å². The summed E-state index contributed by atoms with van der Waals surface area (Å²) < 4.78 is 5.69. The van der Waals surface area contributed by atoms with Crippen LogP contribution in [0.3, 0.4) is 0 Å². The molecule has 3 rings (SSSR count). The van der Waals surface area contributed by atoms with Gasteiger partial charge in [0.25, 0.3) is 0 Å². The third-order valence-corrected chi connectivity index (χ3v) is 3.22. The molecule has 0 spiro atoms. The Hall–Kier alpha value is -2.63. The minimum Gasteiger partial charge on any atom is -0.471 e. The molecule has 2 aromatic rings. The van der Waals surface area contributed by atoms with Crippen molar-refractivity contribution in [2.75, 3.05) is 18.4 Å². The van der Waals surface area contributed by atoms with Crippen molar-refractivity contribution >= 4 is 11.7 Å². The Kier molecular flexibility index (Phi) is 3.68. The van der Waals surface area contributed by atoms with Gasteiger partial charge in [-0.15, -0.1) is 0 Å². The second kappa shape index (κ2) is 5.78. The zero-order valence-corrected chi connectivity index (χ0v) is 11.7. The summed E-state index contributed by atoms with van der Waals surface area (Å²) in [5, 5.41) is 2.79. The van der Waals surface area contributed by atoms with E-state index in [1.807, 2.05) is 19.1 Å². The molecular formula is C15H16N4O2. The Morgan fingerprint density at radius 2 is 2.19 bits per heavy atom. The van der Waals surface area contributed by atoms with Crippen LogP contribution in [-0.4, -0.2) is 40.1 Å². The van der Waals surface area contributed by atoms with Crippen molar-refractivity contribution in [1.82, 2.24) is 14.9 Å². The van der Waals surface area contributed by atoms with Crippen LogP contribution in [0.4, 0.5) is 10.5 Å². The normalized spacial score (nSPS) is 14.4. The van der Waals surface area contributed by atoms with Crippen molar-refractivity contribution < 1.29 is 9.53 Å². The zero-order valence-electron chi connectivity index (χ0n) is 11.7. The van der Waals surface area contributed by atoms with Crippen LogP contribution < -0.4 is 10.1 Å². The summed E-state index contributed by atoms with van der Waals surface area (Å²) in [6, 6.07) is 7.23. The number of ether oxygens (including phenoxy) is 1. The highest BCUT2D eigenvalue weighted by atomic mass is 16.5. The number of rotatable bonds is 3. The smallest absolute Gasteiger partial charge is 0.322 e. The fourth-order valence-corrected chi connectivity index (χ4v) is 2.01. The molecule has 0 aromatic carbocycles. The second-order valence-electron chi connectivity index (χ2n) is 4.99. The van der Waals surface area contributed by atoms with Gasteiger partial charge in [0.2, 0.25) is 5.88 Å². The highest BCUT2D eigenvalue weighted by molar-refractivity contribution is 5.89. The topological polar surface area (TPSA) is 67.3 Å². The van der Waals surface area contributed by atoms with E-state index >= 15 is 0 Å². The van der Waals surface area contributed by atoms with Crippen molar-refractivity contribution in [3.05, 3.63) is 48.4 Å². The summed E-state index contributed by atoms with van der Waals surface area (Å²) >= 11 is 0. The molecule has 1 saturated heterocycles. The van der Waals surface area contributed by atoms with Gasteiger partial charge in [0.15, 0.2) is 0 Å². The van der Waals surface area contributed by atoms with Crippen molar-refractivity contribution in [1.29, 1.82) is 0 Å². The van der Waals surface area contributed by atoms with E-state index in [2.05, 4.69) is 15.3 Å². The van der Waals surface area contributed by atoms with E-state index in [4.69, 9.17) is 4.74 Å². The molecule has 21 heavy (non-hydrogen) atoms. The van der Waals surface area contributed by atoms with Gasteiger partial charge in [0.1, 0.15) is 6.10 Å². The maximum absolute atomic E-state index is 12.0. The number of carbonyl (C=O) groups is 1. The highest BCUT2D eigenvalue weighted by Gasteiger charge is 2.32. The number of nitrogens with zero attached hydrogens (tertiary/aromatic N) is 3. The molecule has 1 aliphatic heterocycles. The van der Waals surface area contributed by atoms with Gasteiger partial charge >= 0.3 is 6.03 Å². The minimum atomic E-state index is -0.139. The van der Waals surface area contributed by atoms with Gasteiger partial charge in [0.05, 0.1) is 25.0 Å². The van der Waals surface area contributed by atoms with E-state index in [-0.39, 0.29) is 12.1 Å². The van der Waals surface area contributed by atoms with Gasteiger partial charge < -0.3 is 15.0 Å². The molecule has 0 bridgehead atoms. The summed E-state index contributed by atoms with van der Waals surface area (Å²) in [7, 11) is 0. The molecule has 3 heterocycles. The number of amides is 2. The summed E-state index contributed by atoms with van der Waals surface area (Å²) in [4.78, 5) is 21.8. The van der Waals surface area contributed by atoms with E-state index in [1.54, 1.807) is 35.6 Å². The van der Waals surface area contributed by atoms with Crippen molar-refractivity contribution in [2.24, 2.45) is 0 Å². The molecule has 6 heteroatoms. The SMILES string of the molecule is Cc1ccc(OC2CN(C(=O)Nc3cccnc3)C2)nc1. The third kappa shape index (κ3) is 3.28. The van der Waals surface area contributed by atoms with Crippen molar-refractivity contribution in [3.63, 3.8) is 0 Å². The number of nitrogens with one attached hydrogen (secondary N) is 1. The standard InChI is InChI=1S/C15H16N4O2/c1-11-4-5-14(17-7-11)21-13-9-19(10-13)15(20)18-12-3-2-6-16-8-12/h2-8,13H,9-10H2,1H3,(H,18,20). The lowest BCUT2D eigenvalue weighted by Crippen LogP contribution is -2.57. The maximum atomic E-state index is 12.0. The summed E-state index contributed by atoms with van der Waals surface area (Å²) in [5.74, 6) is 0.595. The number of pyridine rings is 2. The Bertz CT molecular complexity index is 609. The van der Waals surface area contributed by atoms with Crippen LogP contribution in [0.2, 0.25) is 0 Å². The van der Waals surface area contributed by atoms with Crippen LogP contribution in [-0.2, 0) is 0 Å². The number of urea groups is 1. The summed E-state index contributed by atoms with van der Waals surface area (Å²) in [6.07, 6.45) is 5.04. The molecule has 2 aromatic heterocycles. The van der Waals surface area contributed by atoms with Gasteiger partial charge in [-0.25, -0.2) is 9.78 Å². The minimum absolute atomic E-state index is 0.000135. The molecule has 1 aliphatic rings. The Labute approximate surface area is 122 Å². The molecule has 1 N–H and O–H groups in total. The van der Waals surface area contributed by atoms with Crippen molar-refractivity contribution in [3.8, 4) is 5.88 Å². The first-order valence-corrected chi connectivity index (χ1v) is 6.76.